The molecule has 1 aromatic heterocycles. The summed E-state index contributed by atoms with van der Waals surface area (Å²) in [4.78, 5) is 14.2. The molecule has 1 amide bonds. The van der Waals surface area contributed by atoms with Gasteiger partial charge in [-0.25, -0.2) is 4.68 Å². The van der Waals surface area contributed by atoms with Gasteiger partial charge in [-0.1, -0.05) is 0 Å². The third-order valence-electron chi connectivity index (χ3n) is 4.38. The van der Waals surface area contributed by atoms with Crippen LogP contribution in [0.3, 0.4) is 0 Å². The van der Waals surface area contributed by atoms with E-state index in [2.05, 4.69) is 5.10 Å². The highest BCUT2D eigenvalue weighted by Gasteiger charge is 2.38. The van der Waals surface area contributed by atoms with Crippen LogP contribution in [0.15, 0.2) is 0 Å². The Hall–Kier alpha value is -1.50. The molecule has 7 heteroatoms. The second-order valence-corrected chi connectivity index (χ2v) is 6.45. The number of rotatable bonds is 4. The molecule has 2 rings (SSSR count). The van der Waals surface area contributed by atoms with Crippen LogP contribution in [-0.4, -0.2) is 43.9 Å². The Kier molecular flexibility index (Phi) is 4.56. The van der Waals surface area contributed by atoms with Crippen LogP contribution in [0, 0.1) is 13.8 Å². The molecule has 1 fully saturated rings. The maximum Gasteiger partial charge on any atom is 0.333 e. The van der Waals surface area contributed by atoms with E-state index in [1.165, 1.54) is 0 Å². The maximum atomic E-state index is 12.8. The lowest BCUT2D eigenvalue weighted by Crippen LogP contribution is -2.48. The Morgan fingerprint density at radius 3 is 2.59 bits per heavy atom. The molecule has 1 N–H and O–H groups in total. The van der Waals surface area contributed by atoms with Gasteiger partial charge in [0.1, 0.15) is 0 Å². The molecule has 0 saturated carbocycles. The molecule has 2 heterocycles. The summed E-state index contributed by atoms with van der Waals surface area (Å²) in [7, 11) is 0. The number of carbonyl (C=O) groups excluding carboxylic acids is 1. The van der Waals surface area contributed by atoms with Crippen molar-refractivity contribution in [3.05, 3.63) is 17.0 Å². The second-order valence-electron chi connectivity index (χ2n) is 6.45. The van der Waals surface area contributed by atoms with E-state index >= 15 is 0 Å². The number of hydrogen-bond acceptors (Lipinski definition) is 3. The summed E-state index contributed by atoms with van der Waals surface area (Å²) in [5.41, 5.74) is 0.348. The fourth-order valence-corrected chi connectivity index (χ4v) is 3.20. The summed E-state index contributed by atoms with van der Waals surface area (Å²) >= 11 is 0. The lowest BCUT2D eigenvalue weighted by atomic mass is 9.96. The summed E-state index contributed by atoms with van der Waals surface area (Å²) in [6.07, 6.45) is 1.63. The predicted octanol–water partition coefficient (Wildman–Crippen LogP) is 2.20. The fraction of sp³-hybridized carbons (Fsp3) is 0.733. The van der Waals surface area contributed by atoms with Gasteiger partial charge in [0.05, 0.1) is 23.8 Å². The minimum absolute atomic E-state index is 0.0387. The summed E-state index contributed by atoms with van der Waals surface area (Å²) in [5.74, 6) is -0.148. The molecule has 1 aliphatic heterocycles. The monoisotopic (exact) mass is 315 g/mol. The summed E-state index contributed by atoms with van der Waals surface area (Å²) in [6.45, 7) is 4.44. The number of aryl methyl sites for hydroxylation is 1. The number of nitrogens with zero attached hydrogens (tertiary/aromatic N) is 3. The Bertz CT molecular complexity index is 564. The van der Waals surface area contributed by atoms with Crippen molar-refractivity contribution in [2.45, 2.75) is 65.1 Å². The van der Waals surface area contributed by atoms with Crippen LogP contribution < -0.4 is 0 Å². The third kappa shape index (κ3) is 3.14. The molecule has 0 aliphatic carbocycles. The van der Waals surface area contributed by atoms with Crippen molar-refractivity contribution in [2.75, 3.05) is 6.54 Å². The highest BCUT2D eigenvalue weighted by molar-refractivity contribution is 5.80. The molecule has 0 radical (unpaired) electrons. The first-order valence-electron chi connectivity index (χ1n) is 7.47. The first-order chi connectivity index (χ1) is 10.1. The molecule has 1 saturated heterocycles. The van der Waals surface area contributed by atoms with Crippen molar-refractivity contribution in [2.24, 2.45) is 0 Å². The molecule has 0 spiro atoms. The van der Waals surface area contributed by atoms with E-state index in [0.717, 1.165) is 12.8 Å². The lowest BCUT2D eigenvalue weighted by molar-refractivity contribution is -0.135. The molecular formula is C15H23F2N3O2. The highest BCUT2D eigenvalue weighted by Crippen LogP contribution is 2.28. The molecule has 5 nitrogen and oxygen atoms in total. The van der Waals surface area contributed by atoms with Crippen molar-refractivity contribution < 1.29 is 18.7 Å². The van der Waals surface area contributed by atoms with E-state index in [-0.39, 0.29) is 18.4 Å². The van der Waals surface area contributed by atoms with Gasteiger partial charge in [-0.2, -0.15) is 13.9 Å². The van der Waals surface area contributed by atoms with Crippen LogP contribution in [0.1, 0.15) is 50.2 Å². The predicted molar refractivity (Wildman–Crippen MR) is 77.7 cm³/mol. The third-order valence-corrected chi connectivity index (χ3v) is 4.38. The van der Waals surface area contributed by atoms with Crippen molar-refractivity contribution in [1.82, 2.24) is 14.7 Å². The van der Waals surface area contributed by atoms with Gasteiger partial charge in [-0.3, -0.25) is 4.79 Å². The van der Waals surface area contributed by atoms with Crippen molar-refractivity contribution in [3.63, 3.8) is 0 Å². The quantitative estimate of drug-likeness (QED) is 0.926. The van der Waals surface area contributed by atoms with Gasteiger partial charge in [0.15, 0.2) is 0 Å². The summed E-state index contributed by atoms with van der Waals surface area (Å²) in [5, 5.41) is 14.0. The molecule has 0 bridgehead atoms. The SMILES string of the molecule is Cc1nn(C(F)F)c(C)c1CC(=O)N1CCCC1C(C)(C)O. The van der Waals surface area contributed by atoms with Crippen molar-refractivity contribution in [3.8, 4) is 0 Å². The fourth-order valence-electron chi connectivity index (χ4n) is 3.20. The van der Waals surface area contributed by atoms with Crippen molar-refractivity contribution in [1.29, 1.82) is 0 Å². The number of likely N-dealkylation sites (tertiary alicyclic amines) is 1. The van der Waals surface area contributed by atoms with Crippen LogP contribution in [0.5, 0.6) is 0 Å². The normalized spacial score (nSPS) is 19.3. The van der Waals surface area contributed by atoms with Gasteiger partial charge in [0.2, 0.25) is 5.91 Å². The van der Waals surface area contributed by atoms with Crippen LogP contribution in [0.2, 0.25) is 0 Å². The standard InChI is InChI=1S/C15H23F2N3O2/c1-9-11(10(2)20(18-9)14(16)17)8-13(21)19-7-5-6-12(19)15(3,4)22/h12,14,22H,5-8H2,1-4H3. The zero-order chi connectivity index (χ0) is 16.7. The Morgan fingerprint density at radius 1 is 1.45 bits per heavy atom. The van der Waals surface area contributed by atoms with E-state index in [1.54, 1.807) is 32.6 Å². The largest absolute Gasteiger partial charge is 0.388 e. The minimum atomic E-state index is -2.71. The van der Waals surface area contributed by atoms with E-state index in [0.29, 0.717) is 28.2 Å². The summed E-state index contributed by atoms with van der Waals surface area (Å²) in [6, 6.07) is -0.231. The van der Waals surface area contributed by atoms with E-state index in [9.17, 15) is 18.7 Å². The smallest absolute Gasteiger partial charge is 0.333 e. The molecule has 1 aliphatic rings. The number of amides is 1. The van der Waals surface area contributed by atoms with Crippen molar-refractivity contribution >= 4 is 5.91 Å². The average Bonchev–Trinajstić information content (AvgIpc) is 2.98. The molecule has 1 atom stereocenters. The van der Waals surface area contributed by atoms with Gasteiger partial charge in [0, 0.05) is 17.8 Å². The zero-order valence-electron chi connectivity index (χ0n) is 13.4. The van der Waals surface area contributed by atoms with Crippen LogP contribution >= 0.6 is 0 Å². The first kappa shape index (κ1) is 16.9. The van der Waals surface area contributed by atoms with Gasteiger partial charge < -0.3 is 10.0 Å². The molecular weight excluding hydrogens is 292 g/mol. The maximum absolute atomic E-state index is 12.8. The van der Waals surface area contributed by atoms with Gasteiger partial charge >= 0.3 is 6.55 Å². The van der Waals surface area contributed by atoms with Crippen LogP contribution in [0.25, 0.3) is 0 Å². The highest BCUT2D eigenvalue weighted by atomic mass is 19.3. The number of aliphatic hydroxyl groups is 1. The summed E-state index contributed by atoms with van der Waals surface area (Å²) < 4.78 is 26.3. The van der Waals surface area contributed by atoms with Crippen LogP contribution in [0.4, 0.5) is 8.78 Å². The molecule has 0 aromatic carbocycles. The number of alkyl halides is 2. The van der Waals surface area contributed by atoms with Gasteiger partial charge in [-0.15, -0.1) is 0 Å². The number of aromatic nitrogens is 2. The van der Waals surface area contributed by atoms with E-state index < -0.39 is 12.2 Å². The van der Waals surface area contributed by atoms with E-state index in [1.807, 2.05) is 0 Å². The minimum Gasteiger partial charge on any atom is -0.388 e. The van der Waals surface area contributed by atoms with E-state index in [4.69, 9.17) is 0 Å². The zero-order valence-corrected chi connectivity index (χ0v) is 13.4. The molecule has 22 heavy (non-hydrogen) atoms. The number of halogens is 2. The molecule has 1 aromatic rings. The number of carbonyl (C=O) groups is 1. The average molecular weight is 315 g/mol. The van der Waals surface area contributed by atoms with Gasteiger partial charge in [-0.05, 0) is 40.5 Å². The molecule has 124 valence electrons. The number of hydrogen-bond donors (Lipinski definition) is 1. The lowest BCUT2D eigenvalue weighted by Gasteiger charge is -2.34. The van der Waals surface area contributed by atoms with Gasteiger partial charge in [0.25, 0.3) is 0 Å². The van der Waals surface area contributed by atoms with Crippen LogP contribution in [-0.2, 0) is 11.2 Å². The first-order valence-corrected chi connectivity index (χ1v) is 7.47. The Balaban J connectivity index is 2.19. The second kappa shape index (κ2) is 5.95. The molecule has 1 unspecified atom stereocenters. The Labute approximate surface area is 128 Å². The Morgan fingerprint density at radius 2 is 2.09 bits per heavy atom. The topological polar surface area (TPSA) is 58.4 Å².